The van der Waals surface area contributed by atoms with Crippen molar-refractivity contribution in [2.45, 2.75) is 6.29 Å². The number of halogens is 1. The SMILES string of the molecule is Clc1cccc(-c2ccc(C3OCCO3)o2)c1. The monoisotopic (exact) mass is 250 g/mol. The lowest BCUT2D eigenvalue weighted by Crippen LogP contribution is -1.94. The fourth-order valence-corrected chi connectivity index (χ4v) is 1.99. The van der Waals surface area contributed by atoms with E-state index in [-0.39, 0.29) is 6.29 Å². The van der Waals surface area contributed by atoms with Gasteiger partial charge in [0.05, 0.1) is 13.2 Å². The zero-order valence-corrected chi connectivity index (χ0v) is 9.81. The predicted octanol–water partition coefficient (Wildman–Crippen LogP) is 3.65. The van der Waals surface area contributed by atoms with E-state index in [1.807, 2.05) is 36.4 Å². The summed E-state index contributed by atoms with van der Waals surface area (Å²) in [6, 6.07) is 11.3. The van der Waals surface area contributed by atoms with Crippen LogP contribution in [0.1, 0.15) is 12.1 Å². The summed E-state index contributed by atoms with van der Waals surface area (Å²) in [4.78, 5) is 0. The molecular weight excluding hydrogens is 240 g/mol. The molecule has 1 aliphatic rings. The zero-order valence-electron chi connectivity index (χ0n) is 9.06. The maximum Gasteiger partial charge on any atom is 0.217 e. The summed E-state index contributed by atoms with van der Waals surface area (Å²) in [6.07, 6.45) is -0.372. The fourth-order valence-electron chi connectivity index (χ4n) is 1.80. The normalized spacial score (nSPS) is 16.5. The molecule has 17 heavy (non-hydrogen) atoms. The van der Waals surface area contributed by atoms with Crippen LogP contribution in [-0.2, 0) is 9.47 Å². The fraction of sp³-hybridized carbons (Fsp3) is 0.231. The Morgan fingerprint density at radius 3 is 2.65 bits per heavy atom. The number of hydrogen-bond donors (Lipinski definition) is 0. The second-order valence-corrected chi connectivity index (χ2v) is 4.22. The van der Waals surface area contributed by atoms with Crippen LogP contribution in [0.25, 0.3) is 11.3 Å². The Hall–Kier alpha value is -1.29. The summed E-state index contributed by atoms with van der Waals surface area (Å²) in [7, 11) is 0. The van der Waals surface area contributed by atoms with Gasteiger partial charge in [-0.15, -0.1) is 0 Å². The highest BCUT2D eigenvalue weighted by atomic mass is 35.5. The Labute approximate surface area is 104 Å². The van der Waals surface area contributed by atoms with Crippen LogP contribution < -0.4 is 0 Å². The summed E-state index contributed by atoms with van der Waals surface area (Å²) in [5.41, 5.74) is 0.946. The molecule has 2 heterocycles. The van der Waals surface area contributed by atoms with Crippen molar-refractivity contribution >= 4 is 11.6 Å². The Morgan fingerprint density at radius 1 is 1.06 bits per heavy atom. The van der Waals surface area contributed by atoms with Crippen LogP contribution in [0, 0.1) is 0 Å². The topological polar surface area (TPSA) is 31.6 Å². The average Bonchev–Trinajstić information content (AvgIpc) is 3.00. The van der Waals surface area contributed by atoms with Crippen molar-refractivity contribution in [2.75, 3.05) is 13.2 Å². The van der Waals surface area contributed by atoms with Gasteiger partial charge in [-0.3, -0.25) is 0 Å². The van der Waals surface area contributed by atoms with Gasteiger partial charge >= 0.3 is 0 Å². The Balaban J connectivity index is 1.89. The first-order chi connectivity index (χ1) is 8.33. The average molecular weight is 251 g/mol. The minimum absolute atomic E-state index is 0.372. The van der Waals surface area contributed by atoms with Crippen LogP contribution in [0.5, 0.6) is 0 Å². The van der Waals surface area contributed by atoms with Crippen molar-refractivity contribution in [3.63, 3.8) is 0 Å². The lowest BCUT2D eigenvalue weighted by molar-refractivity contribution is -0.0585. The second kappa shape index (κ2) is 4.53. The molecule has 0 N–H and O–H groups in total. The van der Waals surface area contributed by atoms with Gasteiger partial charge in [-0.1, -0.05) is 23.7 Å². The maximum absolute atomic E-state index is 5.94. The molecule has 88 valence electrons. The third-order valence-corrected chi connectivity index (χ3v) is 2.83. The number of hydrogen-bond acceptors (Lipinski definition) is 3. The number of furan rings is 1. The molecule has 0 unspecified atom stereocenters. The van der Waals surface area contributed by atoms with Crippen LogP contribution >= 0.6 is 11.6 Å². The molecule has 1 aromatic carbocycles. The van der Waals surface area contributed by atoms with E-state index in [2.05, 4.69) is 0 Å². The van der Waals surface area contributed by atoms with Gasteiger partial charge in [-0.2, -0.15) is 0 Å². The minimum atomic E-state index is -0.372. The van der Waals surface area contributed by atoms with Crippen LogP contribution in [0.2, 0.25) is 5.02 Å². The van der Waals surface area contributed by atoms with Crippen molar-refractivity contribution < 1.29 is 13.9 Å². The van der Waals surface area contributed by atoms with E-state index in [9.17, 15) is 0 Å². The number of benzene rings is 1. The van der Waals surface area contributed by atoms with Gasteiger partial charge in [0.25, 0.3) is 0 Å². The van der Waals surface area contributed by atoms with Crippen LogP contribution in [0.4, 0.5) is 0 Å². The smallest absolute Gasteiger partial charge is 0.217 e. The third-order valence-electron chi connectivity index (χ3n) is 2.59. The van der Waals surface area contributed by atoms with Crippen molar-refractivity contribution in [1.82, 2.24) is 0 Å². The van der Waals surface area contributed by atoms with E-state index in [4.69, 9.17) is 25.5 Å². The van der Waals surface area contributed by atoms with E-state index in [1.165, 1.54) is 0 Å². The molecule has 2 aromatic rings. The van der Waals surface area contributed by atoms with E-state index in [0.717, 1.165) is 11.3 Å². The van der Waals surface area contributed by atoms with Gasteiger partial charge in [0.1, 0.15) is 5.76 Å². The van der Waals surface area contributed by atoms with E-state index >= 15 is 0 Å². The van der Waals surface area contributed by atoms with Gasteiger partial charge in [0.15, 0.2) is 5.76 Å². The molecule has 3 nitrogen and oxygen atoms in total. The molecule has 1 aromatic heterocycles. The highest BCUT2D eigenvalue weighted by Gasteiger charge is 2.21. The molecule has 1 fully saturated rings. The summed E-state index contributed by atoms with van der Waals surface area (Å²) >= 11 is 5.94. The molecule has 0 saturated carbocycles. The molecule has 3 rings (SSSR count). The predicted molar refractivity (Wildman–Crippen MR) is 63.8 cm³/mol. The van der Waals surface area contributed by atoms with Crippen molar-refractivity contribution in [3.05, 3.63) is 47.2 Å². The van der Waals surface area contributed by atoms with Gasteiger partial charge in [-0.05, 0) is 24.3 Å². The molecular formula is C13H11ClO3. The van der Waals surface area contributed by atoms with Crippen LogP contribution in [0.15, 0.2) is 40.8 Å². The molecule has 0 atom stereocenters. The number of ether oxygens (including phenoxy) is 2. The molecule has 1 saturated heterocycles. The zero-order chi connectivity index (χ0) is 11.7. The van der Waals surface area contributed by atoms with Crippen molar-refractivity contribution in [3.8, 4) is 11.3 Å². The van der Waals surface area contributed by atoms with Crippen molar-refractivity contribution in [1.29, 1.82) is 0 Å². The summed E-state index contributed by atoms with van der Waals surface area (Å²) in [5.74, 6) is 1.46. The Kier molecular flexibility index (Phi) is 2.89. The first-order valence-electron chi connectivity index (χ1n) is 5.42. The maximum atomic E-state index is 5.94. The first-order valence-corrected chi connectivity index (χ1v) is 5.79. The molecule has 0 aliphatic carbocycles. The summed E-state index contributed by atoms with van der Waals surface area (Å²) < 4.78 is 16.4. The van der Waals surface area contributed by atoms with Gasteiger partial charge in [0, 0.05) is 10.6 Å². The highest BCUT2D eigenvalue weighted by molar-refractivity contribution is 6.30. The van der Waals surface area contributed by atoms with Gasteiger partial charge < -0.3 is 13.9 Å². The van der Waals surface area contributed by atoms with Gasteiger partial charge in [0.2, 0.25) is 6.29 Å². The molecule has 4 heteroatoms. The van der Waals surface area contributed by atoms with Crippen molar-refractivity contribution in [2.24, 2.45) is 0 Å². The first kappa shape index (κ1) is 10.8. The molecule has 0 bridgehead atoms. The van der Waals surface area contributed by atoms with Crippen LogP contribution in [-0.4, -0.2) is 13.2 Å². The molecule has 1 aliphatic heterocycles. The molecule has 0 radical (unpaired) electrons. The van der Waals surface area contributed by atoms with E-state index < -0.39 is 0 Å². The standard InChI is InChI=1S/C13H11ClO3/c14-10-3-1-2-9(8-10)11-4-5-12(17-11)13-15-6-7-16-13/h1-5,8,13H,6-7H2. The lowest BCUT2D eigenvalue weighted by Gasteiger charge is -2.04. The summed E-state index contributed by atoms with van der Waals surface area (Å²) in [5, 5.41) is 0.689. The Morgan fingerprint density at radius 2 is 1.88 bits per heavy atom. The highest BCUT2D eigenvalue weighted by Crippen LogP contribution is 2.30. The van der Waals surface area contributed by atoms with E-state index in [0.29, 0.717) is 24.0 Å². The van der Waals surface area contributed by atoms with Gasteiger partial charge in [-0.25, -0.2) is 0 Å². The second-order valence-electron chi connectivity index (χ2n) is 3.79. The van der Waals surface area contributed by atoms with E-state index in [1.54, 1.807) is 0 Å². The quantitative estimate of drug-likeness (QED) is 0.815. The minimum Gasteiger partial charge on any atom is -0.456 e. The lowest BCUT2D eigenvalue weighted by atomic mass is 10.2. The third kappa shape index (κ3) is 2.22. The Bertz CT molecular complexity index is 515. The number of rotatable bonds is 2. The largest absolute Gasteiger partial charge is 0.456 e. The van der Waals surface area contributed by atoms with Crippen LogP contribution in [0.3, 0.4) is 0 Å². The molecule has 0 spiro atoms. The summed E-state index contributed by atoms with van der Waals surface area (Å²) in [6.45, 7) is 1.22. The molecule has 0 amide bonds.